The number of hydrogen-bond donors (Lipinski definition) is 1. The van der Waals surface area contributed by atoms with Crippen molar-refractivity contribution in [1.29, 1.82) is 0 Å². The minimum atomic E-state index is 0.478. The SMILES string of the molecule is CCCC(CCC)C(NCC)c1cc(C)c(Cl)s1. The largest absolute Gasteiger partial charge is 0.309 e. The molecule has 1 rings (SSSR count). The van der Waals surface area contributed by atoms with Gasteiger partial charge in [-0.1, -0.05) is 45.2 Å². The molecule has 0 spiro atoms. The van der Waals surface area contributed by atoms with Crippen LogP contribution in [-0.2, 0) is 0 Å². The van der Waals surface area contributed by atoms with E-state index < -0.39 is 0 Å². The predicted molar refractivity (Wildman–Crippen MR) is 83.8 cm³/mol. The zero-order valence-electron chi connectivity index (χ0n) is 12.1. The van der Waals surface area contributed by atoms with Crippen molar-refractivity contribution in [3.63, 3.8) is 0 Å². The Hall–Kier alpha value is -0.0500. The van der Waals surface area contributed by atoms with Crippen molar-refractivity contribution < 1.29 is 0 Å². The van der Waals surface area contributed by atoms with Crippen LogP contribution in [0.25, 0.3) is 0 Å². The van der Waals surface area contributed by atoms with E-state index in [9.17, 15) is 0 Å². The molecule has 1 aromatic rings. The summed E-state index contributed by atoms with van der Waals surface area (Å²) in [7, 11) is 0. The van der Waals surface area contributed by atoms with Crippen molar-refractivity contribution in [2.24, 2.45) is 5.92 Å². The predicted octanol–water partition coefficient (Wildman–Crippen LogP) is 5.58. The Bertz CT molecular complexity index is 323. The average Bonchev–Trinajstić information content (AvgIpc) is 2.66. The molecular formula is C15H26ClNS. The molecule has 3 heteroatoms. The number of rotatable bonds is 8. The summed E-state index contributed by atoms with van der Waals surface area (Å²) in [5.41, 5.74) is 1.21. The minimum absolute atomic E-state index is 0.478. The summed E-state index contributed by atoms with van der Waals surface area (Å²) in [5, 5.41) is 3.66. The van der Waals surface area contributed by atoms with Crippen LogP contribution in [0.5, 0.6) is 0 Å². The second-order valence-corrected chi connectivity index (χ2v) is 6.66. The standard InChI is InChI=1S/C15H26ClNS/c1-5-8-12(9-6-2)14(17-7-3)13-10-11(4)15(16)18-13/h10,12,14,17H,5-9H2,1-4H3. The quantitative estimate of drug-likeness (QED) is 0.658. The summed E-state index contributed by atoms with van der Waals surface area (Å²) in [5.74, 6) is 0.731. The molecule has 1 unspecified atom stereocenters. The molecule has 0 amide bonds. The first kappa shape index (κ1) is 16.0. The van der Waals surface area contributed by atoms with E-state index in [0.717, 1.165) is 16.8 Å². The molecule has 0 aromatic carbocycles. The number of aryl methyl sites for hydroxylation is 1. The Morgan fingerprint density at radius 3 is 2.22 bits per heavy atom. The van der Waals surface area contributed by atoms with Gasteiger partial charge in [0.1, 0.15) is 0 Å². The summed E-state index contributed by atoms with van der Waals surface area (Å²) in [6.07, 6.45) is 5.09. The van der Waals surface area contributed by atoms with Crippen LogP contribution in [0.1, 0.15) is 62.9 Å². The van der Waals surface area contributed by atoms with Crippen molar-refractivity contribution in [3.05, 3.63) is 20.8 Å². The lowest BCUT2D eigenvalue weighted by molar-refractivity contribution is 0.324. The molecule has 0 fully saturated rings. The molecule has 0 saturated carbocycles. The lowest BCUT2D eigenvalue weighted by atomic mass is 9.89. The molecule has 1 heterocycles. The molecule has 1 aromatic heterocycles. The van der Waals surface area contributed by atoms with E-state index >= 15 is 0 Å². The lowest BCUT2D eigenvalue weighted by Crippen LogP contribution is -2.27. The second-order valence-electron chi connectivity index (χ2n) is 4.98. The Balaban J connectivity index is 2.90. The van der Waals surface area contributed by atoms with Crippen molar-refractivity contribution in [2.75, 3.05) is 6.54 Å². The summed E-state index contributed by atoms with van der Waals surface area (Å²) >= 11 is 7.97. The summed E-state index contributed by atoms with van der Waals surface area (Å²) in [6.45, 7) is 9.85. The van der Waals surface area contributed by atoms with E-state index in [1.54, 1.807) is 11.3 Å². The number of thiophene rings is 1. The molecule has 1 N–H and O–H groups in total. The van der Waals surface area contributed by atoms with Gasteiger partial charge in [-0.05, 0) is 43.9 Å². The highest BCUT2D eigenvalue weighted by Crippen LogP contribution is 2.37. The van der Waals surface area contributed by atoms with E-state index in [1.165, 1.54) is 36.1 Å². The van der Waals surface area contributed by atoms with Gasteiger partial charge in [0.05, 0.1) is 4.34 Å². The Kier molecular flexibility index (Phi) is 7.28. The first-order valence-electron chi connectivity index (χ1n) is 7.13. The number of hydrogen-bond acceptors (Lipinski definition) is 2. The fourth-order valence-corrected chi connectivity index (χ4v) is 3.96. The van der Waals surface area contributed by atoms with Gasteiger partial charge < -0.3 is 5.32 Å². The van der Waals surface area contributed by atoms with Crippen molar-refractivity contribution in [3.8, 4) is 0 Å². The van der Waals surface area contributed by atoms with Gasteiger partial charge >= 0.3 is 0 Å². The van der Waals surface area contributed by atoms with Crippen LogP contribution in [0.2, 0.25) is 4.34 Å². The van der Waals surface area contributed by atoms with Gasteiger partial charge in [0.25, 0.3) is 0 Å². The topological polar surface area (TPSA) is 12.0 Å². The summed E-state index contributed by atoms with van der Waals surface area (Å²) < 4.78 is 0.944. The van der Waals surface area contributed by atoms with Crippen LogP contribution in [0.15, 0.2) is 6.07 Å². The monoisotopic (exact) mass is 287 g/mol. The maximum absolute atomic E-state index is 6.22. The third-order valence-electron chi connectivity index (χ3n) is 3.40. The highest BCUT2D eigenvalue weighted by Gasteiger charge is 2.23. The van der Waals surface area contributed by atoms with E-state index in [-0.39, 0.29) is 0 Å². The maximum atomic E-state index is 6.22. The van der Waals surface area contributed by atoms with E-state index in [0.29, 0.717) is 6.04 Å². The first-order valence-corrected chi connectivity index (χ1v) is 8.32. The summed E-state index contributed by atoms with van der Waals surface area (Å²) in [4.78, 5) is 1.41. The van der Waals surface area contributed by atoms with E-state index in [4.69, 9.17) is 11.6 Å². The van der Waals surface area contributed by atoms with Crippen molar-refractivity contribution in [1.82, 2.24) is 5.32 Å². The molecular weight excluding hydrogens is 262 g/mol. The molecule has 0 aliphatic carbocycles. The zero-order chi connectivity index (χ0) is 13.5. The van der Waals surface area contributed by atoms with Crippen LogP contribution < -0.4 is 5.32 Å². The molecule has 0 aliphatic rings. The Morgan fingerprint density at radius 2 is 1.83 bits per heavy atom. The van der Waals surface area contributed by atoms with Crippen LogP contribution in [0.3, 0.4) is 0 Å². The third kappa shape index (κ3) is 4.25. The van der Waals surface area contributed by atoms with Crippen LogP contribution in [-0.4, -0.2) is 6.54 Å². The lowest BCUT2D eigenvalue weighted by Gasteiger charge is -2.26. The Labute approximate surface area is 121 Å². The third-order valence-corrected chi connectivity index (χ3v) is 5.04. The highest BCUT2D eigenvalue weighted by atomic mass is 35.5. The van der Waals surface area contributed by atoms with Gasteiger partial charge in [0.15, 0.2) is 0 Å². The van der Waals surface area contributed by atoms with Crippen molar-refractivity contribution >= 4 is 22.9 Å². The molecule has 0 saturated heterocycles. The van der Waals surface area contributed by atoms with E-state index in [1.807, 2.05) is 0 Å². The van der Waals surface area contributed by atoms with Gasteiger partial charge in [-0.3, -0.25) is 0 Å². The molecule has 18 heavy (non-hydrogen) atoms. The van der Waals surface area contributed by atoms with Gasteiger partial charge in [0, 0.05) is 10.9 Å². The van der Waals surface area contributed by atoms with Crippen LogP contribution in [0, 0.1) is 12.8 Å². The maximum Gasteiger partial charge on any atom is 0.0960 e. The van der Waals surface area contributed by atoms with Crippen molar-refractivity contribution in [2.45, 2.75) is 59.4 Å². The minimum Gasteiger partial charge on any atom is -0.309 e. The molecule has 1 nitrogen and oxygen atoms in total. The highest BCUT2D eigenvalue weighted by molar-refractivity contribution is 7.16. The molecule has 1 atom stereocenters. The second kappa shape index (κ2) is 8.19. The smallest absolute Gasteiger partial charge is 0.0960 e. The number of halogens is 1. The molecule has 0 radical (unpaired) electrons. The first-order chi connectivity index (χ1) is 8.63. The van der Waals surface area contributed by atoms with Gasteiger partial charge in [0.2, 0.25) is 0 Å². The van der Waals surface area contributed by atoms with Crippen LogP contribution >= 0.6 is 22.9 Å². The molecule has 104 valence electrons. The number of nitrogens with one attached hydrogen (secondary N) is 1. The normalized spacial score (nSPS) is 13.2. The Morgan fingerprint density at radius 1 is 1.22 bits per heavy atom. The van der Waals surface area contributed by atoms with Gasteiger partial charge in [-0.2, -0.15) is 0 Å². The van der Waals surface area contributed by atoms with Gasteiger partial charge in [-0.15, -0.1) is 11.3 Å². The fourth-order valence-electron chi connectivity index (χ4n) is 2.58. The van der Waals surface area contributed by atoms with Crippen LogP contribution in [0.4, 0.5) is 0 Å². The molecule has 0 aliphatic heterocycles. The average molecular weight is 288 g/mol. The van der Waals surface area contributed by atoms with E-state index in [2.05, 4.69) is 39.1 Å². The zero-order valence-corrected chi connectivity index (χ0v) is 13.6. The summed E-state index contributed by atoms with van der Waals surface area (Å²) in [6, 6.07) is 2.74. The molecule has 0 bridgehead atoms. The van der Waals surface area contributed by atoms with Gasteiger partial charge in [-0.25, -0.2) is 0 Å². The fraction of sp³-hybridized carbons (Fsp3) is 0.733.